The van der Waals surface area contributed by atoms with Gasteiger partial charge in [-0.05, 0) is 75.6 Å². The van der Waals surface area contributed by atoms with Crippen LogP contribution >= 0.6 is 0 Å². The molecule has 0 spiro atoms. The molecule has 3 fully saturated rings. The summed E-state index contributed by atoms with van der Waals surface area (Å²) in [6.07, 6.45) is 14.8. The Labute approximate surface area is 311 Å². The van der Waals surface area contributed by atoms with Gasteiger partial charge in [0.1, 0.15) is 0 Å². The largest absolute Gasteiger partial charge is 0.310 e. The van der Waals surface area contributed by atoms with E-state index in [2.05, 4.69) is 170 Å². The van der Waals surface area contributed by atoms with Crippen LogP contribution in [0.15, 0.2) is 121 Å². The second kappa shape index (κ2) is 14.2. The van der Waals surface area contributed by atoms with E-state index in [0.29, 0.717) is 47.8 Å². The van der Waals surface area contributed by atoms with Crippen LogP contribution in [0.25, 0.3) is 0 Å². The third-order valence-corrected chi connectivity index (χ3v) is 13.2. The number of fused-ring (bicyclic) bond motifs is 8. The summed E-state index contributed by atoms with van der Waals surface area (Å²) < 4.78 is 0. The second-order valence-electron chi connectivity index (χ2n) is 16.9. The zero-order valence-electron chi connectivity index (χ0n) is 31.3. The minimum atomic E-state index is 0.256. The lowest BCUT2D eigenvalue weighted by atomic mass is 9.82. The zero-order chi connectivity index (χ0) is 35.3. The van der Waals surface area contributed by atoms with Crippen molar-refractivity contribution < 1.29 is 0 Å². The molecule has 0 saturated carbocycles. The standard InChI is InChI=1S/C48H56N4/c1-29-9-5-13-33(25-29)45-37-17-19-39(49-37)46(34-14-6-10-30(2)26-34)41-21-23-43(51-41)48(36-16-8-12-32(4)28-36)44-24-22-42(52-44)47(40-20-18-38(45)50-40)35-15-7-11-31(3)27-35/h5-17,19,22,24-28,37-52H,18,20-21,23H2,1-4H3. The van der Waals surface area contributed by atoms with Gasteiger partial charge in [-0.1, -0.05) is 144 Å². The van der Waals surface area contributed by atoms with Crippen LogP contribution in [0.2, 0.25) is 0 Å². The number of hydrogen-bond acceptors (Lipinski definition) is 4. The fourth-order valence-electron chi connectivity index (χ4n) is 11.0. The first kappa shape index (κ1) is 34.0. The van der Waals surface area contributed by atoms with Crippen LogP contribution in [0.4, 0.5) is 0 Å². The van der Waals surface area contributed by atoms with Crippen LogP contribution in [-0.4, -0.2) is 48.3 Å². The number of benzene rings is 4. The van der Waals surface area contributed by atoms with Gasteiger partial charge in [-0.3, -0.25) is 0 Å². The number of nitrogens with one attached hydrogen (secondary N) is 4. The Bertz CT molecular complexity index is 1690. The quantitative estimate of drug-likeness (QED) is 0.163. The molecule has 0 radical (unpaired) electrons. The molecule has 52 heavy (non-hydrogen) atoms. The van der Waals surface area contributed by atoms with Crippen molar-refractivity contribution in [2.75, 3.05) is 0 Å². The van der Waals surface area contributed by atoms with E-state index in [0.717, 1.165) is 0 Å². The molecule has 12 unspecified atom stereocenters. The van der Waals surface area contributed by atoms with Gasteiger partial charge < -0.3 is 21.3 Å². The van der Waals surface area contributed by atoms with E-state index in [1.807, 2.05) is 0 Å². The molecular weight excluding hydrogens is 633 g/mol. The first-order valence-electron chi connectivity index (χ1n) is 20.0. The van der Waals surface area contributed by atoms with E-state index < -0.39 is 0 Å². The molecule has 3 saturated heterocycles. The van der Waals surface area contributed by atoms with Gasteiger partial charge in [0.2, 0.25) is 0 Å². The highest BCUT2D eigenvalue weighted by molar-refractivity contribution is 5.39. The normalized spacial score (nSPS) is 35.3. The van der Waals surface area contributed by atoms with Gasteiger partial charge in [0.05, 0.1) is 0 Å². The number of aryl methyl sites for hydroxylation is 4. The Morgan fingerprint density at radius 1 is 0.346 bits per heavy atom. The first-order chi connectivity index (χ1) is 25.4. The predicted molar refractivity (Wildman–Crippen MR) is 215 cm³/mol. The maximum Gasteiger partial charge on any atom is 0.0340 e. The van der Waals surface area contributed by atoms with Gasteiger partial charge in [-0.15, -0.1) is 0 Å². The molecule has 9 rings (SSSR count). The summed E-state index contributed by atoms with van der Waals surface area (Å²) in [4.78, 5) is 0. The average Bonchev–Trinajstić information content (AvgIpc) is 3.96. The van der Waals surface area contributed by atoms with Crippen molar-refractivity contribution in [3.63, 3.8) is 0 Å². The molecule has 0 aromatic heterocycles. The monoisotopic (exact) mass is 688 g/mol. The molecular formula is C48H56N4. The molecule has 5 aliphatic heterocycles. The minimum Gasteiger partial charge on any atom is -0.310 e. The van der Waals surface area contributed by atoms with Gasteiger partial charge in [0.15, 0.2) is 0 Å². The molecule has 0 amide bonds. The molecule has 5 heterocycles. The van der Waals surface area contributed by atoms with Crippen LogP contribution in [0, 0.1) is 27.7 Å². The second-order valence-corrected chi connectivity index (χ2v) is 16.9. The zero-order valence-corrected chi connectivity index (χ0v) is 31.3. The topological polar surface area (TPSA) is 48.1 Å². The predicted octanol–water partition coefficient (Wildman–Crippen LogP) is 8.40. The van der Waals surface area contributed by atoms with Gasteiger partial charge >= 0.3 is 0 Å². The first-order valence-corrected chi connectivity index (χ1v) is 20.0. The summed E-state index contributed by atoms with van der Waals surface area (Å²) in [5, 5.41) is 17.3. The summed E-state index contributed by atoms with van der Waals surface area (Å²) in [5.41, 5.74) is 11.1. The van der Waals surface area contributed by atoms with Crippen LogP contribution < -0.4 is 21.3 Å². The lowest BCUT2D eigenvalue weighted by Gasteiger charge is -2.38. The fraction of sp³-hybridized carbons (Fsp3) is 0.417. The maximum atomic E-state index is 4.34. The summed E-state index contributed by atoms with van der Waals surface area (Å²) in [6.45, 7) is 8.97. The van der Waals surface area contributed by atoms with E-state index in [-0.39, 0.29) is 24.2 Å². The lowest BCUT2D eigenvalue weighted by molar-refractivity contribution is 0.317. The highest BCUT2D eigenvalue weighted by atomic mass is 15.1. The van der Waals surface area contributed by atoms with E-state index in [9.17, 15) is 0 Å². The smallest absolute Gasteiger partial charge is 0.0340 e. The van der Waals surface area contributed by atoms with Crippen molar-refractivity contribution in [1.29, 1.82) is 0 Å². The Morgan fingerprint density at radius 2 is 0.596 bits per heavy atom. The summed E-state index contributed by atoms with van der Waals surface area (Å²) in [5.74, 6) is 1.35. The van der Waals surface area contributed by atoms with Crippen molar-refractivity contribution in [1.82, 2.24) is 21.3 Å². The Kier molecular flexibility index (Phi) is 9.29. The van der Waals surface area contributed by atoms with E-state index >= 15 is 0 Å². The van der Waals surface area contributed by atoms with Crippen molar-refractivity contribution in [3.8, 4) is 0 Å². The maximum absolute atomic E-state index is 4.34. The highest BCUT2D eigenvalue weighted by Crippen LogP contribution is 2.44. The van der Waals surface area contributed by atoms with E-state index in [4.69, 9.17) is 0 Å². The highest BCUT2D eigenvalue weighted by Gasteiger charge is 2.47. The van der Waals surface area contributed by atoms with Gasteiger partial charge in [-0.2, -0.15) is 0 Å². The lowest BCUT2D eigenvalue weighted by Crippen LogP contribution is -2.52. The Balaban J connectivity index is 1.16. The summed E-state index contributed by atoms with van der Waals surface area (Å²) in [7, 11) is 0. The molecule has 268 valence electrons. The molecule has 8 bridgehead atoms. The molecule has 5 aliphatic rings. The van der Waals surface area contributed by atoms with Crippen LogP contribution in [0.5, 0.6) is 0 Å². The summed E-state index contributed by atoms with van der Waals surface area (Å²) in [6, 6.07) is 39.8. The molecule has 4 aromatic rings. The Morgan fingerprint density at radius 3 is 0.827 bits per heavy atom. The average molecular weight is 689 g/mol. The number of rotatable bonds is 4. The third kappa shape index (κ3) is 6.53. The van der Waals surface area contributed by atoms with Crippen LogP contribution in [0.1, 0.15) is 93.9 Å². The molecule has 4 nitrogen and oxygen atoms in total. The van der Waals surface area contributed by atoms with E-state index in [1.54, 1.807) is 0 Å². The van der Waals surface area contributed by atoms with Crippen LogP contribution in [-0.2, 0) is 0 Å². The molecule has 4 heteroatoms. The third-order valence-electron chi connectivity index (χ3n) is 13.2. The van der Waals surface area contributed by atoms with Crippen molar-refractivity contribution in [2.24, 2.45) is 0 Å². The Hall–Kier alpha value is -3.80. The van der Waals surface area contributed by atoms with Crippen molar-refractivity contribution in [3.05, 3.63) is 166 Å². The molecule has 12 atom stereocenters. The van der Waals surface area contributed by atoms with Crippen molar-refractivity contribution in [2.45, 2.75) is 125 Å². The van der Waals surface area contributed by atoms with Crippen LogP contribution in [0.3, 0.4) is 0 Å². The molecule has 4 N–H and O–H groups in total. The SMILES string of the molecule is Cc1cccc(C2C3C=CC(N3)C(c3cccc(C)c3)C3CCC(N3)C(c3cccc(C)c3)C3C=CC(N3)C(c3cccc(C)c3)C3CCC2N3)c1. The minimum absolute atomic E-state index is 0.256. The van der Waals surface area contributed by atoms with Gasteiger partial charge in [0, 0.05) is 72.0 Å². The summed E-state index contributed by atoms with van der Waals surface area (Å²) >= 11 is 0. The van der Waals surface area contributed by atoms with E-state index in [1.165, 1.54) is 70.2 Å². The fourth-order valence-corrected chi connectivity index (χ4v) is 11.0. The number of hydrogen-bond donors (Lipinski definition) is 4. The van der Waals surface area contributed by atoms with Gasteiger partial charge in [-0.25, -0.2) is 0 Å². The molecule has 0 aliphatic carbocycles. The molecule has 4 aromatic carbocycles. The van der Waals surface area contributed by atoms with Gasteiger partial charge in [0.25, 0.3) is 0 Å². The van der Waals surface area contributed by atoms with Crippen molar-refractivity contribution >= 4 is 0 Å².